The van der Waals surface area contributed by atoms with Crippen LogP contribution in [0.3, 0.4) is 0 Å². The highest BCUT2D eigenvalue weighted by Crippen LogP contribution is 2.22. The van der Waals surface area contributed by atoms with Crippen LogP contribution in [0.25, 0.3) is 10.8 Å². The third-order valence-corrected chi connectivity index (χ3v) is 3.64. The highest BCUT2D eigenvalue weighted by atomic mass is 79.9. The quantitative estimate of drug-likeness (QED) is 0.788. The SMILES string of the molecule is Nc1c(Br)cnn1Cc1cccc2ccccc12. The molecule has 0 unspecified atom stereocenters. The van der Waals surface area contributed by atoms with Crippen LogP contribution in [0.2, 0.25) is 0 Å². The fourth-order valence-corrected chi connectivity index (χ4v) is 2.39. The van der Waals surface area contributed by atoms with E-state index < -0.39 is 0 Å². The Kier molecular flexibility index (Phi) is 2.80. The summed E-state index contributed by atoms with van der Waals surface area (Å²) in [5.74, 6) is 0.655. The minimum atomic E-state index is 0.655. The maximum atomic E-state index is 5.95. The van der Waals surface area contributed by atoms with Gasteiger partial charge in [-0.05, 0) is 32.3 Å². The second-order valence-corrected chi connectivity index (χ2v) is 5.03. The van der Waals surface area contributed by atoms with Crippen LogP contribution in [0.4, 0.5) is 5.82 Å². The Balaban J connectivity index is 2.08. The van der Waals surface area contributed by atoms with Crippen molar-refractivity contribution < 1.29 is 0 Å². The highest BCUT2D eigenvalue weighted by molar-refractivity contribution is 9.10. The number of anilines is 1. The molecule has 0 saturated carbocycles. The van der Waals surface area contributed by atoms with Crippen LogP contribution in [0, 0.1) is 0 Å². The van der Waals surface area contributed by atoms with Crippen molar-refractivity contribution >= 4 is 32.5 Å². The number of nitrogens with zero attached hydrogens (tertiary/aromatic N) is 2. The normalized spacial score (nSPS) is 10.9. The summed E-state index contributed by atoms with van der Waals surface area (Å²) < 4.78 is 2.63. The second kappa shape index (κ2) is 4.46. The predicted molar refractivity (Wildman–Crippen MR) is 77.4 cm³/mol. The van der Waals surface area contributed by atoms with Crippen molar-refractivity contribution in [3.05, 3.63) is 58.7 Å². The van der Waals surface area contributed by atoms with Crippen LogP contribution < -0.4 is 5.73 Å². The van der Waals surface area contributed by atoms with E-state index in [0.717, 1.165) is 4.47 Å². The number of rotatable bonds is 2. The second-order valence-electron chi connectivity index (χ2n) is 4.17. The topological polar surface area (TPSA) is 43.8 Å². The summed E-state index contributed by atoms with van der Waals surface area (Å²) in [6.45, 7) is 0.679. The first kappa shape index (κ1) is 11.3. The van der Waals surface area contributed by atoms with Crippen LogP contribution in [0.1, 0.15) is 5.56 Å². The van der Waals surface area contributed by atoms with Crippen LogP contribution in [-0.4, -0.2) is 9.78 Å². The van der Waals surface area contributed by atoms with Gasteiger partial charge >= 0.3 is 0 Å². The molecule has 0 spiro atoms. The standard InChI is InChI=1S/C14H12BrN3/c15-13-8-17-18(14(13)16)9-11-6-3-5-10-4-1-2-7-12(10)11/h1-8H,9,16H2. The third kappa shape index (κ3) is 1.88. The number of hydrogen-bond acceptors (Lipinski definition) is 2. The monoisotopic (exact) mass is 301 g/mol. The molecule has 4 heteroatoms. The van der Waals surface area contributed by atoms with E-state index in [1.54, 1.807) is 10.9 Å². The predicted octanol–water partition coefficient (Wildman–Crippen LogP) is 3.43. The molecule has 90 valence electrons. The lowest BCUT2D eigenvalue weighted by molar-refractivity contribution is 0.700. The number of benzene rings is 2. The van der Waals surface area contributed by atoms with Crippen molar-refractivity contribution in [2.24, 2.45) is 0 Å². The molecule has 3 rings (SSSR count). The number of nitrogen functional groups attached to an aromatic ring is 1. The van der Waals surface area contributed by atoms with Crippen molar-refractivity contribution in [1.82, 2.24) is 9.78 Å². The molecule has 0 saturated heterocycles. The van der Waals surface area contributed by atoms with Crippen LogP contribution in [0.5, 0.6) is 0 Å². The van der Waals surface area contributed by atoms with Gasteiger partial charge in [0.1, 0.15) is 5.82 Å². The summed E-state index contributed by atoms with van der Waals surface area (Å²) in [7, 11) is 0. The number of fused-ring (bicyclic) bond motifs is 1. The maximum Gasteiger partial charge on any atom is 0.136 e. The number of aromatic nitrogens is 2. The van der Waals surface area contributed by atoms with Crippen molar-refractivity contribution in [3.63, 3.8) is 0 Å². The molecular weight excluding hydrogens is 290 g/mol. The van der Waals surface area contributed by atoms with E-state index in [4.69, 9.17) is 5.73 Å². The third-order valence-electron chi connectivity index (χ3n) is 3.03. The highest BCUT2D eigenvalue weighted by Gasteiger charge is 2.07. The molecule has 0 radical (unpaired) electrons. The summed E-state index contributed by atoms with van der Waals surface area (Å²) in [4.78, 5) is 0. The van der Waals surface area contributed by atoms with Gasteiger partial charge in [-0.1, -0.05) is 42.5 Å². The molecule has 0 aliphatic carbocycles. The zero-order valence-electron chi connectivity index (χ0n) is 9.68. The van der Waals surface area contributed by atoms with Gasteiger partial charge in [0.15, 0.2) is 0 Å². The fraction of sp³-hybridized carbons (Fsp3) is 0.0714. The molecule has 1 aromatic heterocycles. The number of nitrogens with two attached hydrogens (primary N) is 1. The molecule has 3 aromatic rings. The molecule has 0 bridgehead atoms. The van der Waals surface area contributed by atoms with E-state index in [1.165, 1.54) is 16.3 Å². The van der Waals surface area contributed by atoms with E-state index in [1.807, 2.05) is 12.1 Å². The van der Waals surface area contributed by atoms with E-state index in [2.05, 4.69) is 51.4 Å². The molecule has 3 nitrogen and oxygen atoms in total. The molecule has 0 aliphatic heterocycles. The lowest BCUT2D eigenvalue weighted by Gasteiger charge is -2.08. The zero-order chi connectivity index (χ0) is 12.5. The minimum Gasteiger partial charge on any atom is -0.383 e. The minimum absolute atomic E-state index is 0.655. The maximum absolute atomic E-state index is 5.95. The lowest BCUT2D eigenvalue weighted by Crippen LogP contribution is -2.06. The molecule has 0 atom stereocenters. The summed E-state index contributed by atoms with van der Waals surface area (Å²) in [5, 5.41) is 6.74. The summed E-state index contributed by atoms with van der Waals surface area (Å²) >= 11 is 3.37. The first-order valence-electron chi connectivity index (χ1n) is 5.69. The fourth-order valence-electron chi connectivity index (χ4n) is 2.09. The number of halogens is 1. The molecule has 18 heavy (non-hydrogen) atoms. The summed E-state index contributed by atoms with van der Waals surface area (Å²) in [6, 6.07) is 14.6. The first-order valence-corrected chi connectivity index (χ1v) is 6.48. The lowest BCUT2D eigenvalue weighted by atomic mass is 10.0. The van der Waals surface area contributed by atoms with Gasteiger partial charge in [-0.3, -0.25) is 0 Å². The Morgan fingerprint density at radius 2 is 1.89 bits per heavy atom. The van der Waals surface area contributed by atoms with Gasteiger partial charge in [-0.25, -0.2) is 4.68 Å². The average molecular weight is 302 g/mol. The van der Waals surface area contributed by atoms with Gasteiger partial charge in [-0.2, -0.15) is 5.10 Å². The molecule has 2 aromatic carbocycles. The smallest absolute Gasteiger partial charge is 0.136 e. The molecule has 2 N–H and O–H groups in total. The van der Waals surface area contributed by atoms with Gasteiger partial charge < -0.3 is 5.73 Å². The first-order chi connectivity index (χ1) is 8.75. The molecule has 0 aliphatic rings. The van der Waals surface area contributed by atoms with Gasteiger partial charge in [0.25, 0.3) is 0 Å². The molecular formula is C14H12BrN3. The Morgan fingerprint density at radius 1 is 1.11 bits per heavy atom. The Labute approximate surface area is 113 Å². The van der Waals surface area contributed by atoms with Gasteiger partial charge in [0, 0.05) is 0 Å². The van der Waals surface area contributed by atoms with Crippen LogP contribution >= 0.6 is 15.9 Å². The largest absolute Gasteiger partial charge is 0.383 e. The summed E-state index contributed by atoms with van der Waals surface area (Å²) in [5.41, 5.74) is 7.17. The molecule has 0 amide bonds. The molecule has 0 fully saturated rings. The van der Waals surface area contributed by atoms with E-state index in [-0.39, 0.29) is 0 Å². The van der Waals surface area contributed by atoms with E-state index in [0.29, 0.717) is 12.4 Å². The van der Waals surface area contributed by atoms with E-state index in [9.17, 15) is 0 Å². The van der Waals surface area contributed by atoms with Crippen molar-refractivity contribution in [3.8, 4) is 0 Å². The van der Waals surface area contributed by atoms with Crippen molar-refractivity contribution in [2.45, 2.75) is 6.54 Å². The van der Waals surface area contributed by atoms with Crippen molar-refractivity contribution in [2.75, 3.05) is 5.73 Å². The zero-order valence-corrected chi connectivity index (χ0v) is 11.3. The van der Waals surface area contributed by atoms with Crippen LogP contribution in [-0.2, 0) is 6.54 Å². The number of hydrogen-bond donors (Lipinski definition) is 1. The Bertz CT molecular complexity index is 698. The summed E-state index contributed by atoms with van der Waals surface area (Å²) in [6.07, 6.45) is 1.72. The van der Waals surface area contributed by atoms with Crippen LogP contribution in [0.15, 0.2) is 53.1 Å². The Morgan fingerprint density at radius 3 is 2.67 bits per heavy atom. The van der Waals surface area contributed by atoms with Gasteiger partial charge in [0.05, 0.1) is 17.2 Å². The average Bonchev–Trinajstić information content (AvgIpc) is 2.71. The van der Waals surface area contributed by atoms with E-state index >= 15 is 0 Å². The Hall–Kier alpha value is -1.81. The van der Waals surface area contributed by atoms with Gasteiger partial charge in [-0.15, -0.1) is 0 Å². The molecule has 1 heterocycles. The van der Waals surface area contributed by atoms with Gasteiger partial charge in [0.2, 0.25) is 0 Å². The van der Waals surface area contributed by atoms with Crippen molar-refractivity contribution in [1.29, 1.82) is 0 Å².